The quantitative estimate of drug-likeness (QED) is 0.469. The first kappa shape index (κ1) is 17.2. The monoisotopic (exact) mass is 392 g/mol. The molecule has 1 aliphatic heterocycles. The van der Waals surface area contributed by atoms with Gasteiger partial charge in [-0.1, -0.05) is 36.4 Å². The van der Waals surface area contributed by atoms with E-state index in [9.17, 15) is 4.79 Å². The number of hydrogen-bond acceptors (Lipinski definition) is 4. The van der Waals surface area contributed by atoms with Crippen LogP contribution in [0.4, 0.5) is 5.69 Å². The molecule has 4 heteroatoms. The Hall–Kier alpha value is -3.66. The Morgan fingerprint density at radius 1 is 0.967 bits per heavy atom. The van der Waals surface area contributed by atoms with Crippen molar-refractivity contribution in [2.24, 2.45) is 0 Å². The molecule has 146 valence electrons. The van der Waals surface area contributed by atoms with E-state index in [1.54, 1.807) is 12.5 Å². The van der Waals surface area contributed by atoms with Crippen molar-refractivity contribution in [2.45, 2.75) is 24.7 Å². The van der Waals surface area contributed by atoms with E-state index in [0.717, 1.165) is 40.3 Å². The summed E-state index contributed by atoms with van der Waals surface area (Å²) < 4.78 is 5.63. The van der Waals surface area contributed by atoms with Crippen molar-refractivity contribution in [1.82, 2.24) is 4.98 Å². The van der Waals surface area contributed by atoms with Crippen molar-refractivity contribution in [3.63, 3.8) is 0 Å². The minimum Gasteiger partial charge on any atom is -0.469 e. The fourth-order valence-corrected chi connectivity index (χ4v) is 5.01. The average Bonchev–Trinajstić information content (AvgIpc) is 3.33. The molecule has 1 aliphatic carbocycles. The largest absolute Gasteiger partial charge is 0.469 e. The Morgan fingerprint density at radius 3 is 2.73 bits per heavy atom. The van der Waals surface area contributed by atoms with E-state index in [1.165, 1.54) is 10.8 Å². The molecule has 2 unspecified atom stereocenters. The van der Waals surface area contributed by atoms with Crippen molar-refractivity contribution in [3.05, 3.63) is 107 Å². The van der Waals surface area contributed by atoms with E-state index < -0.39 is 0 Å². The zero-order chi connectivity index (χ0) is 20.1. The minimum absolute atomic E-state index is 0.0651. The fourth-order valence-electron chi connectivity index (χ4n) is 5.01. The van der Waals surface area contributed by atoms with Crippen molar-refractivity contribution in [1.29, 1.82) is 0 Å². The molecular weight excluding hydrogens is 372 g/mol. The topological polar surface area (TPSA) is 55.1 Å². The molecule has 0 radical (unpaired) electrons. The van der Waals surface area contributed by atoms with Crippen molar-refractivity contribution in [3.8, 4) is 0 Å². The Bertz CT molecular complexity index is 1290. The second kappa shape index (κ2) is 6.70. The van der Waals surface area contributed by atoms with Gasteiger partial charge in [0.15, 0.2) is 5.78 Å². The molecule has 2 aromatic heterocycles. The number of hydrogen-bond donors (Lipinski definition) is 1. The van der Waals surface area contributed by atoms with Crippen LogP contribution in [0.3, 0.4) is 0 Å². The standard InChI is InChI=1S/C26H20N2O2/c29-22-14-18(23-8-4-12-30-23)13-21-26(22)24(17-6-3-11-27-15-17)25-19-7-2-1-5-16(19)9-10-20(25)28-21/h1-12,15,18,24,28H,13-14H2. The van der Waals surface area contributed by atoms with E-state index in [4.69, 9.17) is 4.42 Å². The normalized spacial score (nSPS) is 20.6. The Balaban J connectivity index is 1.57. The van der Waals surface area contributed by atoms with Gasteiger partial charge in [0.25, 0.3) is 0 Å². The van der Waals surface area contributed by atoms with Crippen LogP contribution in [0, 0.1) is 0 Å². The molecule has 2 aliphatic rings. The number of fused-ring (bicyclic) bond motifs is 3. The molecule has 2 atom stereocenters. The summed E-state index contributed by atoms with van der Waals surface area (Å²) in [5.74, 6) is 0.993. The second-order valence-electron chi connectivity index (χ2n) is 8.03. The number of aromatic nitrogens is 1. The maximum Gasteiger partial charge on any atom is 0.162 e. The third-order valence-electron chi connectivity index (χ3n) is 6.30. The van der Waals surface area contributed by atoms with E-state index >= 15 is 0 Å². The highest BCUT2D eigenvalue weighted by molar-refractivity contribution is 6.04. The summed E-state index contributed by atoms with van der Waals surface area (Å²) in [5.41, 5.74) is 5.15. The summed E-state index contributed by atoms with van der Waals surface area (Å²) in [6.45, 7) is 0. The lowest BCUT2D eigenvalue weighted by molar-refractivity contribution is -0.116. The van der Waals surface area contributed by atoms with Gasteiger partial charge in [-0.15, -0.1) is 0 Å². The maximum absolute atomic E-state index is 13.5. The zero-order valence-corrected chi connectivity index (χ0v) is 16.3. The van der Waals surface area contributed by atoms with E-state index in [2.05, 4.69) is 52.8 Å². The molecule has 0 spiro atoms. The van der Waals surface area contributed by atoms with Gasteiger partial charge in [-0.2, -0.15) is 0 Å². The molecule has 0 saturated carbocycles. The van der Waals surface area contributed by atoms with Gasteiger partial charge in [0.05, 0.1) is 6.26 Å². The van der Waals surface area contributed by atoms with Crippen LogP contribution < -0.4 is 5.32 Å². The highest BCUT2D eigenvalue weighted by Crippen LogP contribution is 2.49. The summed E-state index contributed by atoms with van der Waals surface area (Å²) in [6.07, 6.45) is 6.57. The predicted molar refractivity (Wildman–Crippen MR) is 116 cm³/mol. The highest BCUT2D eigenvalue weighted by atomic mass is 16.3. The Labute approximate surface area is 174 Å². The van der Waals surface area contributed by atoms with E-state index in [1.807, 2.05) is 24.4 Å². The van der Waals surface area contributed by atoms with Gasteiger partial charge < -0.3 is 9.73 Å². The lowest BCUT2D eigenvalue weighted by Gasteiger charge is -2.36. The molecular formula is C26H20N2O2. The van der Waals surface area contributed by atoms with Crippen LogP contribution in [-0.2, 0) is 4.79 Å². The van der Waals surface area contributed by atoms with Crippen molar-refractivity contribution < 1.29 is 9.21 Å². The number of pyridine rings is 1. The first-order valence-electron chi connectivity index (χ1n) is 10.3. The molecule has 0 bridgehead atoms. The molecule has 0 amide bonds. The van der Waals surface area contributed by atoms with Gasteiger partial charge in [0.2, 0.25) is 0 Å². The molecule has 1 N–H and O–H groups in total. The van der Waals surface area contributed by atoms with Crippen LogP contribution in [0.25, 0.3) is 10.8 Å². The number of benzene rings is 2. The van der Waals surface area contributed by atoms with Crippen LogP contribution in [0.5, 0.6) is 0 Å². The van der Waals surface area contributed by atoms with Crippen molar-refractivity contribution in [2.75, 3.05) is 5.32 Å². The predicted octanol–water partition coefficient (Wildman–Crippen LogP) is 5.79. The molecule has 2 aromatic carbocycles. The first-order chi connectivity index (χ1) is 14.8. The molecule has 4 nitrogen and oxygen atoms in total. The Morgan fingerprint density at radius 2 is 1.90 bits per heavy atom. The maximum atomic E-state index is 13.5. The number of furan rings is 1. The molecule has 30 heavy (non-hydrogen) atoms. The smallest absolute Gasteiger partial charge is 0.162 e. The van der Waals surface area contributed by atoms with Gasteiger partial charge in [0.1, 0.15) is 5.76 Å². The fraction of sp³-hybridized carbons (Fsp3) is 0.154. The highest BCUT2D eigenvalue weighted by Gasteiger charge is 2.39. The van der Waals surface area contributed by atoms with Crippen LogP contribution in [-0.4, -0.2) is 10.8 Å². The van der Waals surface area contributed by atoms with Gasteiger partial charge in [-0.05, 0) is 52.6 Å². The number of carbonyl (C=O) groups excluding carboxylic acids is 1. The third kappa shape index (κ3) is 2.61. The van der Waals surface area contributed by atoms with Crippen LogP contribution >= 0.6 is 0 Å². The number of Topliss-reactive ketones (excluding diaryl/α,β-unsaturated/α-hetero) is 1. The molecule has 0 saturated heterocycles. The van der Waals surface area contributed by atoms with Gasteiger partial charge in [-0.3, -0.25) is 9.78 Å². The number of rotatable bonds is 2. The first-order valence-corrected chi connectivity index (χ1v) is 10.3. The number of carbonyl (C=O) groups is 1. The van der Waals surface area contributed by atoms with Crippen LogP contribution in [0.1, 0.15) is 41.6 Å². The second-order valence-corrected chi connectivity index (χ2v) is 8.03. The van der Waals surface area contributed by atoms with Gasteiger partial charge >= 0.3 is 0 Å². The van der Waals surface area contributed by atoms with E-state index in [-0.39, 0.29) is 17.6 Å². The SMILES string of the molecule is O=C1CC(c2ccco2)CC2=C1C(c1cccnc1)c1c(ccc3ccccc13)N2. The number of allylic oxidation sites excluding steroid dienone is 2. The number of nitrogens with zero attached hydrogens (tertiary/aromatic N) is 1. The molecule has 6 rings (SSSR count). The molecule has 4 aromatic rings. The summed E-state index contributed by atoms with van der Waals surface area (Å²) in [7, 11) is 0. The third-order valence-corrected chi connectivity index (χ3v) is 6.30. The van der Waals surface area contributed by atoms with Gasteiger partial charge in [0, 0.05) is 47.6 Å². The summed E-state index contributed by atoms with van der Waals surface area (Å²) >= 11 is 0. The molecule has 3 heterocycles. The number of anilines is 1. The van der Waals surface area contributed by atoms with Crippen LogP contribution in [0.15, 0.2) is 95.0 Å². The van der Waals surface area contributed by atoms with Gasteiger partial charge in [-0.25, -0.2) is 0 Å². The summed E-state index contributed by atoms with van der Waals surface area (Å²) in [4.78, 5) is 17.9. The Kier molecular flexibility index (Phi) is 3.85. The van der Waals surface area contributed by atoms with Crippen molar-refractivity contribution >= 4 is 22.2 Å². The summed E-state index contributed by atoms with van der Waals surface area (Å²) in [5, 5.41) is 5.95. The summed E-state index contributed by atoms with van der Waals surface area (Å²) in [6, 6.07) is 20.5. The number of ketones is 1. The average molecular weight is 392 g/mol. The van der Waals surface area contributed by atoms with E-state index in [0.29, 0.717) is 6.42 Å². The lowest BCUT2D eigenvalue weighted by Crippen LogP contribution is -2.29. The number of nitrogens with one attached hydrogen (secondary N) is 1. The zero-order valence-electron chi connectivity index (χ0n) is 16.3. The molecule has 0 fully saturated rings. The van der Waals surface area contributed by atoms with Crippen LogP contribution in [0.2, 0.25) is 0 Å². The lowest BCUT2D eigenvalue weighted by atomic mass is 9.72. The minimum atomic E-state index is -0.124.